The highest BCUT2D eigenvalue weighted by atomic mass is 15.1. The highest BCUT2D eigenvalue weighted by molar-refractivity contribution is 5.15. The molecule has 2 aliphatic heterocycles. The predicted octanol–water partition coefficient (Wildman–Crippen LogP) is 1.80. The summed E-state index contributed by atoms with van der Waals surface area (Å²) in [5.74, 6) is 0. The Balaban J connectivity index is 2.12. The first-order chi connectivity index (χ1) is 4.88. The molecule has 0 aliphatic carbocycles. The normalized spacial score (nSPS) is 39.8. The van der Waals surface area contributed by atoms with E-state index in [2.05, 4.69) is 11.3 Å². The van der Waals surface area contributed by atoms with Crippen LogP contribution < -0.4 is 0 Å². The molecule has 56 valence electrons. The highest BCUT2D eigenvalue weighted by Crippen LogP contribution is 2.29. The molecule has 1 heteroatoms. The summed E-state index contributed by atoms with van der Waals surface area (Å²) >= 11 is 0. The van der Waals surface area contributed by atoms with Gasteiger partial charge < -0.3 is 0 Å². The van der Waals surface area contributed by atoms with Crippen molar-refractivity contribution in [2.24, 2.45) is 0 Å². The van der Waals surface area contributed by atoms with Crippen LogP contribution in [-0.4, -0.2) is 23.4 Å². The van der Waals surface area contributed by atoms with Gasteiger partial charge in [-0.15, -0.1) is 0 Å². The van der Waals surface area contributed by atoms with E-state index in [1.807, 2.05) is 0 Å². The summed E-state index contributed by atoms with van der Waals surface area (Å²) in [7, 11) is 0. The molecule has 0 saturated carbocycles. The molecule has 0 N–H and O–H groups in total. The highest BCUT2D eigenvalue weighted by Gasteiger charge is 2.35. The molecule has 2 saturated heterocycles. The smallest absolute Gasteiger partial charge is 0.152 e. The summed E-state index contributed by atoms with van der Waals surface area (Å²) < 4.78 is 2.37. The lowest BCUT2D eigenvalue weighted by atomic mass is 9.86. The summed E-state index contributed by atoms with van der Waals surface area (Å²) in [5.41, 5.74) is 0. The number of fused-ring (bicyclic) bond motifs is 2. The van der Waals surface area contributed by atoms with Gasteiger partial charge in [-0.3, -0.25) is 0 Å². The third-order valence-corrected chi connectivity index (χ3v) is 3.09. The van der Waals surface area contributed by atoms with Crippen molar-refractivity contribution in [1.29, 1.82) is 0 Å². The Hall–Kier alpha value is -0.330. The number of hydrogen-bond acceptors (Lipinski definition) is 0. The average molecular weight is 138 g/mol. The van der Waals surface area contributed by atoms with Crippen molar-refractivity contribution in [2.75, 3.05) is 0 Å². The molecule has 2 aliphatic rings. The van der Waals surface area contributed by atoms with Gasteiger partial charge in [0, 0.05) is 25.7 Å². The van der Waals surface area contributed by atoms with Gasteiger partial charge in [0.05, 0.1) is 0 Å². The molecule has 2 heterocycles. The molecule has 0 radical (unpaired) electrons. The molecule has 0 aromatic rings. The third-order valence-electron chi connectivity index (χ3n) is 3.09. The lowest BCUT2D eigenvalue weighted by molar-refractivity contribution is -0.615. The van der Waals surface area contributed by atoms with Gasteiger partial charge in [0.2, 0.25) is 0 Å². The van der Waals surface area contributed by atoms with Crippen molar-refractivity contribution < 1.29 is 4.58 Å². The first kappa shape index (κ1) is 6.38. The summed E-state index contributed by atoms with van der Waals surface area (Å²) in [5, 5.41) is 0. The Bertz CT molecular complexity index is 127. The van der Waals surface area contributed by atoms with Gasteiger partial charge in [0.25, 0.3) is 0 Å². The topological polar surface area (TPSA) is 3.01 Å². The maximum atomic E-state index is 4.12. The molecular weight excluding hydrogens is 122 g/mol. The summed E-state index contributed by atoms with van der Waals surface area (Å²) in [4.78, 5) is 0. The second-order valence-electron chi connectivity index (χ2n) is 3.68. The lowest BCUT2D eigenvalue weighted by Crippen LogP contribution is -2.41. The molecule has 0 amide bonds. The van der Waals surface area contributed by atoms with Crippen molar-refractivity contribution in [3.8, 4) is 0 Å². The van der Waals surface area contributed by atoms with Crippen LogP contribution in [0.5, 0.6) is 0 Å². The number of piperidine rings is 2. The van der Waals surface area contributed by atoms with E-state index in [4.69, 9.17) is 0 Å². The molecule has 2 fully saturated rings. The molecule has 0 aromatic heterocycles. The van der Waals surface area contributed by atoms with Crippen LogP contribution in [0.25, 0.3) is 0 Å². The Morgan fingerprint density at radius 3 is 1.60 bits per heavy atom. The van der Waals surface area contributed by atoms with E-state index in [-0.39, 0.29) is 0 Å². The first-order valence-corrected chi connectivity index (χ1v) is 4.47. The van der Waals surface area contributed by atoms with Gasteiger partial charge in [-0.25, -0.2) is 4.58 Å². The van der Waals surface area contributed by atoms with Crippen LogP contribution in [0.3, 0.4) is 0 Å². The first-order valence-electron chi connectivity index (χ1n) is 4.47. The molecular formula is C9H16N+. The quantitative estimate of drug-likeness (QED) is 0.449. The van der Waals surface area contributed by atoms with E-state index in [0.29, 0.717) is 0 Å². The van der Waals surface area contributed by atoms with Crippen LogP contribution in [0.1, 0.15) is 38.5 Å². The fourth-order valence-corrected chi connectivity index (χ4v) is 2.43. The minimum absolute atomic E-state index is 0.840. The van der Waals surface area contributed by atoms with Crippen molar-refractivity contribution in [3.05, 3.63) is 0 Å². The zero-order chi connectivity index (χ0) is 6.97. The Morgan fingerprint density at radius 1 is 0.900 bits per heavy atom. The van der Waals surface area contributed by atoms with Crippen LogP contribution in [0.15, 0.2) is 0 Å². The second kappa shape index (κ2) is 2.37. The fraction of sp³-hybridized carbons (Fsp3) is 0.889. The van der Waals surface area contributed by atoms with E-state index < -0.39 is 0 Å². The minimum atomic E-state index is 0.840. The fourth-order valence-electron chi connectivity index (χ4n) is 2.43. The van der Waals surface area contributed by atoms with Crippen molar-refractivity contribution in [1.82, 2.24) is 0 Å². The Labute approximate surface area is 62.8 Å². The zero-order valence-electron chi connectivity index (χ0n) is 6.55. The number of hydrogen-bond donors (Lipinski definition) is 0. The zero-order valence-corrected chi connectivity index (χ0v) is 6.55. The van der Waals surface area contributed by atoms with E-state index in [1.54, 1.807) is 0 Å². The number of nitrogens with zero attached hydrogens (tertiary/aromatic N) is 1. The van der Waals surface area contributed by atoms with Crippen LogP contribution in [0, 0.1) is 0 Å². The third kappa shape index (κ3) is 0.882. The van der Waals surface area contributed by atoms with Crippen LogP contribution in [0.2, 0.25) is 0 Å². The molecule has 2 rings (SSSR count). The Kier molecular flexibility index (Phi) is 1.51. The van der Waals surface area contributed by atoms with Crippen molar-refractivity contribution in [3.63, 3.8) is 0 Å². The van der Waals surface area contributed by atoms with E-state index in [9.17, 15) is 0 Å². The van der Waals surface area contributed by atoms with Gasteiger partial charge in [0.15, 0.2) is 12.1 Å². The van der Waals surface area contributed by atoms with E-state index in [0.717, 1.165) is 12.1 Å². The van der Waals surface area contributed by atoms with Crippen LogP contribution >= 0.6 is 0 Å². The summed E-state index contributed by atoms with van der Waals surface area (Å²) in [6.45, 7) is 4.12. The summed E-state index contributed by atoms with van der Waals surface area (Å²) in [6.07, 6.45) is 8.50. The van der Waals surface area contributed by atoms with Gasteiger partial charge >= 0.3 is 0 Å². The van der Waals surface area contributed by atoms with Crippen molar-refractivity contribution >= 4 is 6.72 Å². The monoisotopic (exact) mass is 138 g/mol. The maximum absolute atomic E-state index is 4.12. The predicted molar refractivity (Wildman–Crippen MR) is 42.7 cm³/mol. The SMILES string of the molecule is C=[N+]1C2CCCC1CCC2. The lowest BCUT2D eigenvalue weighted by Gasteiger charge is -2.31. The van der Waals surface area contributed by atoms with Gasteiger partial charge in [-0.1, -0.05) is 0 Å². The largest absolute Gasteiger partial charge is 0.237 e. The van der Waals surface area contributed by atoms with E-state index in [1.165, 1.54) is 38.5 Å². The molecule has 10 heavy (non-hydrogen) atoms. The molecule has 2 bridgehead atoms. The van der Waals surface area contributed by atoms with Gasteiger partial charge in [0.1, 0.15) is 6.72 Å². The molecule has 0 unspecified atom stereocenters. The minimum Gasteiger partial charge on any atom is -0.237 e. The standard InChI is InChI=1S/C9H16N/c1-10-8-4-2-5-9(10)7-3-6-8/h8-9H,1-7H2/q+1. The van der Waals surface area contributed by atoms with Crippen molar-refractivity contribution in [2.45, 2.75) is 50.6 Å². The van der Waals surface area contributed by atoms with Crippen LogP contribution in [0.4, 0.5) is 0 Å². The van der Waals surface area contributed by atoms with Gasteiger partial charge in [-0.2, -0.15) is 0 Å². The van der Waals surface area contributed by atoms with Gasteiger partial charge in [-0.05, 0) is 12.8 Å². The molecule has 0 atom stereocenters. The van der Waals surface area contributed by atoms with Crippen LogP contribution in [-0.2, 0) is 0 Å². The molecule has 1 nitrogen and oxygen atoms in total. The average Bonchev–Trinajstić information content (AvgIpc) is 1.86. The summed E-state index contributed by atoms with van der Waals surface area (Å²) in [6, 6.07) is 1.68. The van der Waals surface area contributed by atoms with E-state index >= 15 is 0 Å². The molecule has 0 aromatic carbocycles. The maximum Gasteiger partial charge on any atom is 0.152 e. The molecule has 0 spiro atoms. The number of rotatable bonds is 0. The Morgan fingerprint density at radius 2 is 1.30 bits per heavy atom. The second-order valence-corrected chi connectivity index (χ2v) is 3.68.